The molecular weight excluding hydrogens is 216 g/mol. The van der Waals surface area contributed by atoms with Crippen LogP contribution < -0.4 is 5.73 Å². The second kappa shape index (κ2) is 3.31. The Kier molecular flexibility index (Phi) is 1.91. The molecule has 0 unspecified atom stereocenters. The first-order valence-corrected chi connectivity index (χ1v) is 5.24. The van der Waals surface area contributed by atoms with Crippen LogP contribution in [0.25, 0.3) is 16.7 Å². The van der Waals surface area contributed by atoms with E-state index in [1.165, 1.54) is 6.33 Å². The number of hydrogen-bond acceptors (Lipinski definition) is 4. The number of nitrogens with zero attached hydrogens (tertiary/aromatic N) is 5. The normalized spacial score (nSPS) is 11.2. The van der Waals surface area contributed by atoms with Crippen molar-refractivity contribution in [1.29, 1.82) is 0 Å². The Bertz CT molecular complexity index is 693. The fourth-order valence-electron chi connectivity index (χ4n) is 2.00. The Morgan fingerprint density at radius 3 is 2.76 bits per heavy atom. The molecule has 0 aliphatic rings. The number of nitrogens with two attached hydrogens (primary N) is 1. The van der Waals surface area contributed by atoms with Crippen LogP contribution in [0.4, 0.5) is 5.82 Å². The van der Waals surface area contributed by atoms with Gasteiger partial charge < -0.3 is 5.73 Å². The van der Waals surface area contributed by atoms with Crippen LogP contribution in [0.5, 0.6) is 0 Å². The van der Waals surface area contributed by atoms with Crippen molar-refractivity contribution in [2.75, 3.05) is 5.73 Å². The lowest BCUT2D eigenvalue weighted by Gasteiger charge is -2.00. The van der Waals surface area contributed by atoms with Gasteiger partial charge in [0, 0.05) is 19.4 Å². The number of nitrogen functional groups attached to an aromatic ring is 1. The molecule has 0 aliphatic heterocycles. The first kappa shape index (κ1) is 9.83. The third kappa shape index (κ3) is 1.37. The summed E-state index contributed by atoms with van der Waals surface area (Å²) in [6.07, 6.45) is 7.19. The summed E-state index contributed by atoms with van der Waals surface area (Å²) in [5.74, 6) is 0.509. The van der Waals surface area contributed by atoms with Crippen molar-refractivity contribution in [3.05, 3.63) is 30.5 Å². The van der Waals surface area contributed by atoms with E-state index in [4.69, 9.17) is 5.73 Å². The Labute approximate surface area is 97.7 Å². The Balaban J connectivity index is 2.35. The average molecular weight is 228 g/mol. The van der Waals surface area contributed by atoms with Gasteiger partial charge in [-0.1, -0.05) is 0 Å². The molecular formula is C11H12N6. The molecule has 0 amide bonds. The predicted octanol–water partition coefficient (Wildman–Crippen LogP) is 1.04. The molecule has 6 heteroatoms. The van der Waals surface area contributed by atoms with Crippen LogP contribution >= 0.6 is 0 Å². The van der Waals surface area contributed by atoms with Gasteiger partial charge in [0.1, 0.15) is 17.8 Å². The highest BCUT2D eigenvalue weighted by Crippen LogP contribution is 2.25. The van der Waals surface area contributed by atoms with Gasteiger partial charge in [-0.2, -0.15) is 5.10 Å². The lowest BCUT2D eigenvalue weighted by atomic mass is 10.2. The van der Waals surface area contributed by atoms with E-state index in [1.54, 1.807) is 10.9 Å². The van der Waals surface area contributed by atoms with Gasteiger partial charge in [-0.05, 0) is 12.5 Å². The van der Waals surface area contributed by atoms with Crippen LogP contribution in [0.3, 0.4) is 0 Å². The van der Waals surface area contributed by atoms with Gasteiger partial charge in [-0.15, -0.1) is 0 Å². The maximum atomic E-state index is 5.87. The van der Waals surface area contributed by atoms with Crippen LogP contribution in [-0.2, 0) is 7.05 Å². The van der Waals surface area contributed by atoms with Gasteiger partial charge >= 0.3 is 0 Å². The zero-order chi connectivity index (χ0) is 12.0. The number of fused-ring (bicyclic) bond motifs is 1. The molecule has 0 spiro atoms. The molecule has 2 N–H and O–H groups in total. The third-order valence-electron chi connectivity index (χ3n) is 2.77. The molecule has 0 radical (unpaired) electrons. The molecule has 3 heterocycles. The lowest BCUT2D eigenvalue weighted by molar-refractivity contribution is 0.767. The molecule has 0 saturated carbocycles. The van der Waals surface area contributed by atoms with Crippen molar-refractivity contribution < 1.29 is 0 Å². The molecule has 86 valence electrons. The van der Waals surface area contributed by atoms with Crippen LogP contribution in [-0.4, -0.2) is 24.3 Å². The first-order valence-electron chi connectivity index (χ1n) is 5.24. The smallest absolute Gasteiger partial charge is 0.150 e. The van der Waals surface area contributed by atoms with E-state index in [-0.39, 0.29) is 0 Å². The standard InChI is InChI=1S/C11H12N6/c1-7-4-17(8-3-15-16(2)5-8)11-9(7)10(12)13-6-14-11/h3-6H,1-2H3,(H2,12,13,14). The zero-order valence-corrected chi connectivity index (χ0v) is 9.62. The molecule has 17 heavy (non-hydrogen) atoms. The first-order chi connectivity index (χ1) is 8.16. The lowest BCUT2D eigenvalue weighted by Crippen LogP contribution is -1.96. The van der Waals surface area contributed by atoms with Crippen molar-refractivity contribution in [3.8, 4) is 5.69 Å². The fourth-order valence-corrected chi connectivity index (χ4v) is 2.00. The molecule has 0 aromatic carbocycles. The maximum Gasteiger partial charge on any atom is 0.150 e. The van der Waals surface area contributed by atoms with E-state index in [1.807, 2.05) is 30.9 Å². The van der Waals surface area contributed by atoms with Crippen LogP contribution in [0.15, 0.2) is 24.9 Å². The molecule has 0 fully saturated rings. The molecule has 6 nitrogen and oxygen atoms in total. The predicted molar refractivity (Wildman–Crippen MR) is 64.8 cm³/mol. The highest BCUT2D eigenvalue weighted by molar-refractivity contribution is 5.90. The van der Waals surface area contributed by atoms with Gasteiger partial charge in [0.05, 0.1) is 17.3 Å². The third-order valence-corrected chi connectivity index (χ3v) is 2.77. The number of aromatic nitrogens is 5. The number of rotatable bonds is 1. The number of anilines is 1. The van der Waals surface area contributed by atoms with Crippen LogP contribution in [0, 0.1) is 6.92 Å². The van der Waals surface area contributed by atoms with Crippen molar-refractivity contribution >= 4 is 16.9 Å². The van der Waals surface area contributed by atoms with Crippen molar-refractivity contribution in [2.45, 2.75) is 6.92 Å². The van der Waals surface area contributed by atoms with E-state index in [2.05, 4.69) is 15.1 Å². The van der Waals surface area contributed by atoms with E-state index in [9.17, 15) is 0 Å². The summed E-state index contributed by atoms with van der Waals surface area (Å²) in [7, 11) is 1.88. The van der Waals surface area contributed by atoms with Crippen molar-refractivity contribution in [3.63, 3.8) is 0 Å². The minimum absolute atomic E-state index is 0.509. The van der Waals surface area contributed by atoms with Gasteiger partial charge in [0.15, 0.2) is 0 Å². The maximum absolute atomic E-state index is 5.87. The molecule has 0 saturated heterocycles. The minimum atomic E-state index is 0.509. The van der Waals surface area contributed by atoms with E-state index >= 15 is 0 Å². The summed E-state index contributed by atoms with van der Waals surface area (Å²) in [5, 5.41) is 5.05. The second-order valence-electron chi connectivity index (χ2n) is 4.01. The Morgan fingerprint density at radius 1 is 1.24 bits per heavy atom. The summed E-state index contributed by atoms with van der Waals surface area (Å²) in [5.41, 5.74) is 8.70. The van der Waals surface area contributed by atoms with Crippen molar-refractivity contribution in [2.24, 2.45) is 7.05 Å². The van der Waals surface area contributed by atoms with Gasteiger partial charge in [0.2, 0.25) is 0 Å². The fraction of sp³-hybridized carbons (Fsp3) is 0.182. The average Bonchev–Trinajstić information content (AvgIpc) is 2.84. The number of aryl methyl sites for hydroxylation is 2. The molecule has 3 aromatic rings. The van der Waals surface area contributed by atoms with Crippen molar-refractivity contribution in [1.82, 2.24) is 24.3 Å². The van der Waals surface area contributed by atoms with E-state index in [0.29, 0.717) is 5.82 Å². The molecule has 0 bridgehead atoms. The van der Waals surface area contributed by atoms with Gasteiger partial charge in [-0.3, -0.25) is 9.25 Å². The summed E-state index contributed by atoms with van der Waals surface area (Å²) >= 11 is 0. The monoisotopic (exact) mass is 228 g/mol. The summed E-state index contributed by atoms with van der Waals surface area (Å²) < 4.78 is 3.72. The largest absolute Gasteiger partial charge is 0.383 e. The molecule has 3 rings (SSSR count). The quantitative estimate of drug-likeness (QED) is 0.675. The molecule has 3 aromatic heterocycles. The Hall–Kier alpha value is -2.37. The molecule has 0 atom stereocenters. The summed E-state index contributed by atoms with van der Waals surface area (Å²) in [4.78, 5) is 8.30. The number of hydrogen-bond donors (Lipinski definition) is 1. The SMILES string of the molecule is Cc1cn(-c2cnn(C)c2)c2ncnc(N)c12. The molecule has 0 aliphatic carbocycles. The van der Waals surface area contributed by atoms with Crippen LogP contribution in [0.2, 0.25) is 0 Å². The highest BCUT2D eigenvalue weighted by atomic mass is 15.3. The van der Waals surface area contributed by atoms with Gasteiger partial charge in [-0.25, -0.2) is 9.97 Å². The van der Waals surface area contributed by atoms with Gasteiger partial charge in [0.25, 0.3) is 0 Å². The van der Waals surface area contributed by atoms with Crippen LogP contribution in [0.1, 0.15) is 5.56 Å². The van der Waals surface area contributed by atoms with E-state index < -0.39 is 0 Å². The van der Waals surface area contributed by atoms with E-state index in [0.717, 1.165) is 22.3 Å². The highest BCUT2D eigenvalue weighted by Gasteiger charge is 2.12. The second-order valence-corrected chi connectivity index (χ2v) is 4.01. The minimum Gasteiger partial charge on any atom is -0.383 e. The Morgan fingerprint density at radius 2 is 2.06 bits per heavy atom. The topological polar surface area (TPSA) is 74.5 Å². The summed E-state index contributed by atoms with van der Waals surface area (Å²) in [6.45, 7) is 1.99. The summed E-state index contributed by atoms with van der Waals surface area (Å²) in [6, 6.07) is 0. The zero-order valence-electron chi connectivity index (χ0n) is 9.62.